The fourth-order valence-electron chi connectivity index (χ4n) is 4.07. The summed E-state index contributed by atoms with van der Waals surface area (Å²) in [4.78, 5) is 15.9. The van der Waals surface area contributed by atoms with E-state index in [-0.39, 0.29) is 29.3 Å². The number of amides is 1. The van der Waals surface area contributed by atoms with Crippen molar-refractivity contribution in [1.29, 1.82) is 0 Å². The van der Waals surface area contributed by atoms with Gasteiger partial charge in [-0.15, -0.1) is 0 Å². The number of alkyl halides is 3. The molecule has 144 valence electrons. The maximum atomic E-state index is 12.6. The molecule has 2 fully saturated rings. The van der Waals surface area contributed by atoms with Crippen LogP contribution < -0.4 is 5.32 Å². The number of halogens is 3. The van der Waals surface area contributed by atoms with Crippen molar-refractivity contribution in [1.82, 2.24) is 15.5 Å². The molecule has 1 saturated carbocycles. The van der Waals surface area contributed by atoms with Gasteiger partial charge in [0.25, 0.3) is 5.91 Å². The Labute approximate surface area is 153 Å². The highest BCUT2D eigenvalue weighted by Crippen LogP contribution is 2.52. The monoisotopic (exact) mass is 381 g/mol. The molecule has 0 radical (unpaired) electrons. The van der Waals surface area contributed by atoms with Gasteiger partial charge in [-0.05, 0) is 18.6 Å². The molecule has 1 aromatic carbocycles. The van der Waals surface area contributed by atoms with Gasteiger partial charge in [-0.2, -0.15) is 18.2 Å². The predicted octanol–water partition coefficient (Wildman–Crippen LogP) is 3.30. The van der Waals surface area contributed by atoms with Gasteiger partial charge in [-0.1, -0.05) is 31.1 Å². The zero-order chi connectivity index (χ0) is 19.4. The van der Waals surface area contributed by atoms with Gasteiger partial charge in [0.05, 0.1) is 6.10 Å². The SMILES string of the molecule is CC1(C)[C@H](NC(=O)c2ccc(-c3noc(C(F)(F)F)n3)cc2)[C@@H]2CCO[C@H]21. The lowest BCUT2D eigenvalue weighted by molar-refractivity contribution is -0.159. The predicted molar refractivity (Wildman–Crippen MR) is 87.6 cm³/mol. The van der Waals surface area contributed by atoms with Gasteiger partial charge in [0.1, 0.15) is 0 Å². The number of rotatable bonds is 3. The molecule has 0 bridgehead atoms. The average molecular weight is 381 g/mol. The molecule has 2 aliphatic rings. The molecule has 1 aliphatic heterocycles. The summed E-state index contributed by atoms with van der Waals surface area (Å²) in [5, 5.41) is 6.39. The second-order valence-corrected chi connectivity index (χ2v) is 7.51. The van der Waals surface area contributed by atoms with Gasteiger partial charge in [-0.3, -0.25) is 4.79 Å². The molecule has 2 aromatic rings. The van der Waals surface area contributed by atoms with E-state index < -0.39 is 12.1 Å². The van der Waals surface area contributed by atoms with Crippen LogP contribution in [0.15, 0.2) is 28.8 Å². The first-order valence-electron chi connectivity index (χ1n) is 8.62. The van der Waals surface area contributed by atoms with Crippen molar-refractivity contribution in [2.45, 2.75) is 38.6 Å². The Morgan fingerprint density at radius 2 is 1.96 bits per heavy atom. The number of nitrogens with zero attached hydrogens (tertiary/aromatic N) is 2. The molecule has 3 atom stereocenters. The van der Waals surface area contributed by atoms with Crippen molar-refractivity contribution in [3.8, 4) is 11.4 Å². The van der Waals surface area contributed by atoms with E-state index in [9.17, 15) is 18.0 Å². The van der Waals surface area contributed by atoms with Gasteiger partial charge < -0.3 is 14.6 Å². The Hall–Kier alpha value is -2.42. The van der Waals surface area contributed by atoms with Crippen molar-refractivity contribution in [3.63, 3.8) is 0 Å². The van der Waals surface area contributed by atoms with Crippen LogP contribution >= 0.6 is 0 Å². The minimum atomic E-state index is -4.69. The number of carbonyl (C=O) groups excluding carboxylic acids is 1. The zero-order valence-corrected chi connectivity index (χ0v) is 14.7. The van der Waals surface area contributed by atoms with E-state index in [4.69, 9.17) is 4.74 Å². The first-order valence-corrected chi connectivity index (χ1v) is 8.62. The van der Waals surface area contributed by atoms with E-state index in [1.54, 1.807) is 0 Å². The average Bonchev–Trinajstić information content (AvgIpc) is 3.27. The second kappa shape index (κ2) is 6.05. The Bertz CT molecular complexity index is 861. The normalized spacial score (nSPS) is 26.3. The highest BCUT2D eigenvalue weighted by atomic mass is 19.4. The highest BCUT2D eigenvalue weighted by molar-refractivity contribution is 5.95. The number of carbonyl (C=O) groups is 1. The molecule has 1 aliphatic carbocycles. The van der Waals surface area contributed by atoms with Crippen molar-refractivity contribution < 1.29 is 27.2 Å². The minimum Gasteiger partial charge on any atom is -0.377 e. The van der Waals surface area contributed by atoms with Crippen LogP contribution in [-0.4, -0.2) is 34.8 Å². The first-order chi connectivity index (χ1) is 12.7. The van der Waals surface area contributed by atoms with Crippen LogP contribution in [0.4, 0.5) is 13.2 Å². The summed E-state index contributed by atoms with van der Waals surface area (Å²) >= 11 is 0. The molecule has 1 saturated heterocycles. The fourth-order valence-corrected chi connectivity index (χ4v) is 4.07. The van der Waals surface area contributed by atoms with E-state index in [2.05, 4.69) is 33.8 Å². The molecule has 6 nitrogen and oxygen atoms in total. The largest absolute Gasteiger partial charge is 0.471 e. The number of hydrogen-bond acceptors (Lipinski definition) is 5. The Kier molecular flexibility index (Phi) is 4.03. The van der Waals surface area contributed by atoms with Gasteiger partial charge >= 0.3 is 12.1 Å². The van der Waals surface area contributed by atoms with E-state index in [1.807, 2.05) is 0 Å². The van der Waals surface area contributed by atoms with Crippen LogP contribution in [0.25, 0.3) is 11.4 Å². The van der Waals surface area contributed by atoms with Gasteiger partial charge in [-0.25, -0.2) is 0 Å². The number of aromatic nitrogens is 2. The molecule has 1 N–H and O–H groups in total. The van der Waals surface area contributed by atoms with Crippen LogP contribution in [-0.2, 0) is 10.9 Å². The van der Waals surface area contributed by atoms with E-state index in [0.29, 0.717) is 23.7 Å². The molecule has 1 aromatic heterocycles. The summed E-state index contributed by atoms with van der Waals surface area (Å²) in [5.41, 5.74) is 0.616. The standard InChI is InChI=1S/C18H18F3N3O3/c1-17(2)12(11-7-8-26-13(11)17)22-15(25)10-5-3-9(4-6-10)14-23-16(27-24-14)18(19,20)21/h3-6,11-13H,7-8H2,1-2H3,(H,22,25)/t11-,12+,13+/m0/s1. The third-order valence-electron chi connectivity index (χ3n) is 5.46. The molecule has 2 heterocycles. The number of fused-ring (bicyclic) bond motifs is 1. The second-order valence-electron chi connectivity index (χ2n) is 7.51. The summed E-state index contributed by atoms with van der Waals surface area (Å²) < 4.78 is 47.6. The highest BCUT2D eigenvalue weighted by Gasteiger charge is 2.59. The summed E-state index contributed by atoms with van der Waals surface area (Å²) in [6, 6.07) is 6.08. The van der Waals surface area contributed by atoms with Crippen molar-refractivity contribution in [2.75, 3.05) is 6.61 Å². The molecular formula is C18H18F3N3O3. The van der Waals surface area contributed by atoms with E-state index in [1.165, 1.54) is 24.3 Å². The number of benzene rings is 1. The Balaban J connectivity index is 1.46. The van der Waals surface area contributed by atoms with E-state index >= 15 is 0 Å². The molecular weight excluding hydrogens is 363 g/mol. The summed E-state index contributed by atoms with van der Waals surface area (Å²) in [5.74, 6) is -1.49. The Morgan fingerprint density at radius 1 is 1.26 bits per heavy atom. The summed E-state index contributed by atoms with van der Waals surface area (Å²) in [6.45, 7) is 4.86. The lowest BCUT2D eigenvalue weighted by Gasteiger charge is -2.54. The zero-order valence-electron chi connectivity index (χ0n) is 14.7. The quantitative estimate of drug-likeness (QED) is 0.883. The van der Waals surface area contributed by atoms with Crippen LogP contribution in [0.1, 0.15) is 36.5 Å². The minimum absolute atomic E-state index is 0.0312. The van der Waals surface area contributed by atoms with Gasteiger partial charge in [0.15, 0.2) is 0 Å². The lowest BCUT2D eigenvalue weighted by Crippen LogP contribution is -2.66. The topological polar surface area (TPSA) is 77.3 Å². The van der Waals surface area contributed by atoms with Crippen LogP contribution in [0.3, 0.4) is 0 Å². The summed E-state index contributed by atoms with van der Waals surface area (Å²) in [6.07, 6.45) is -3.59. The van der Waals surface area contributed by atoms with Crippen molar-refractivity contribution >= 4 is 5.91 Å². The number of ether oxygens (including phenoxy) is 1. The van der Waals surface area contributed by atoms with Crippen LogP contribution in [0.5, 0.6) is 0 Å². The summed E-state index contributed by atoms with van der Waals surface area (Å²) in [7, 11) is 0. The first kappa shape index (κ1) is 18.0. The Morgan fingerprint density at radius 3 is 2.59 bits per heavy atom. The molecule has 9 heteroatoms. The maximum Gasteiger partial charge on any atom is 0.471 e. The number of nitrogens with one attached hydrogen (secondary N) is 1. The molecule has 4 rings (SSSR count). The smallest absolute Gasteiger partial charge is 0.377 e. The van der Waals surface area contributed by atoms with Crippen molar-refractivity contribution in [3.05, 3.63) is 35.7 Å². The van der Waals surface area contributed by atoms with Gasteiger partial charge in [0.2, 0.25) is 5.82 Å². The molecule has 0 unspecified atom stereocenters. The third kappa shape index (κ3) is 2.99. The molecule has 1 amide bonds. The molecule has 27 heavy (non-hydrogen) atoms. The third-order valence-corrected chi connectivity index (χ3v) is 5.46. The van der Waals surface area contributed by atoms with Crippen LogP contribution in [0, 0.1) is 11.3 Å². The van der Waals surface area contributed by atoms with Crippen LogP contribution in [0.2, 0.25) is 0 Å². The maximum absolute atomic E-state index is 12.6. The lowest BCUT2D eigenvalue weighted by atomic mass is 9.57. The fraction of sp³-hybridized carbons (Fsp3) is 0.500. The van der Waals surface area contributed by atoms with E-state index in [0.717, 1.165) is 6.42 Å². The van der Waals surface area contributed by atoms with Gasteiger partial charge in [0, 0.05) is 35.1 Å². The molecule has 0 spiro atoms. The number of hydrogen-bond donors (Lipinski definition) is 1. The van der Waals surface area contributed by atoms with Crippen molar-refractivity contribution in [2.24, 2.45) is 11.3 Å².